The van der Waals surface area contributed by atoms with E-state index in [9.17, 15) is 0 Å². The molecule has 4 nitrogen and oxygen atoms in total. The van der Waals surface area contributed by atoms with Crippen molar-refractivity contribution in [3.63, 3.8) is 0 Å². The van der Waals surface area contributed by atoms with E-state index in [1.165, 1.54) is 15.4 Å². The zero-order valence-electron chi connectivity index (χ0n) is 14.8. The Morgan fingerprint density at radius 1 is 1.12 bits per heavy atom. The van der Waals surface area contributed by atoms with Gasteiger partial charge in [-0.25, -0.2) is 0 Å². The number of benzene rings is 1. The van der Waals surface area contributed by atoms with Crippen LogP contribution in [0.25, 0.3) is 0 Å². The number of anilines is 1. The molecular weight excluding hydrogens is 316 g/mol. The van der Waals surface area contributed by atoms with Crippen molar-refractivity contribution in [2.45, 2.75) is 32.7 Å². The van der Waals surface area contributed by atoms with Crippen molar-refractivity contribution in [1.82, 2.24) is 10.6 Å². The van der Waals surface area contributed by atoms with Gasteiger partial charge >= 0.3 is 0 Å². The molecule has 0 saturated carbocycles. The molecule has 2 rings (SSSR count). The lowest BCUT2D eigenvalue weighted by atomic mass is 10.2. The van der Waals surface area contributed by atoms with E-state index in [4.69, 9.17) is 0 Å². The smallest absolute Gasteiger partial charge is 0.191 e. The molecule has 0 spiro atoms. The number of thiophene rings is 1. The van der Waals surface area contributed by atoms with Gasteiger partial charge in [0, 0.05) is 48.0 Å². The fraction of sp³-hybridized carbons (Fsp3) is 0.421. The first kappa shape index (κ1) is 18.3. The van der Waals surface area contributed by atoms with Crippen molar-refractivity contribution >= 4 is 23.0 Å². The molecule has 24 heavy (non-hydrogen) atoms. The highest BCUT2D eigenvalue weighted by molar-refractivity contribution is 7.11. The first-order chi connectivity index (χ1) is 11.7. The summed E-state index contributed by atoms with van der Waals surface area (Å²) >= 11 is 1.86. The Bertz CT molecular complexity index is 621. The van der Waals surface area contributed by atoms with Crippen LogP contribution in [0.1, 0.15) is 23.1 Å². The van der Waals surface area contributed by atoms with Crippen LogP contribution in [-0.2, 0) is 6.42 Å². The van der Waals surface area contributed by atoms with Crippen molar-refractivity contribution in [1.29, 1.82) is 0 Å². The molecule has 0 saturated heterocycles. The van der Waals surface area contributed by atoms with Gasteiger partial charge in [-0.2, -0.15) is 0 Å². The van der Waals surface area contributed by atoms with E-state index in [0.717, 1.165) is 31.9 Å². The third kappa shape index (κ3) is 6.62. The zero-order valence-corrected chi connectivity index (χ0v) is 15.6. The minimum atomic E-state index is 0.358. The number of nitrogens with one attached hydrogen (secondary N) is 3. The average molecular weight is 345 g/mol. The maximum atomic E-state index is 4.31. The van der Waals surface area contributed by atoms with Crippen molar-refractivity contribution in [3.8, 4) is 0 Å². The molecule has 0 aliphatic rings. The third-order valence-electron chi connectivity index (χ3n) is 3.66. The lowest BCUT2D eigenvalue weighted by Gasteiger charge is -2.17. The van der Waals surface area contributed by atoms with Crippen LogP contribution in [0.5, 0.6) is 0 Å². The van der Waals surface area contributed by atoms with Gasteiger partial charge < -0.3 is 16.0 Å². The first-order valence-electron chi connectivity index (χ1n) is 8.49. The number of aliphatic imine (C=N–C) groups is 1. The maximum Gasteiger partial charge on any atom is 0.191 e. The summed E-state index contributed by atoms with van der Waals surface area (Å²) in [5.41, 5.74) is 1.17. The van der Waals surface area contributed by atoms with Crippen LogP contribution in [0.2, 0.25) is 0 Å². The second-order valence-electron chi connectivity index (χ2n) is 5.91. The van der Waals surface area contributed by atoms with Gasteiger partial charge in [-0.1, -0.05) is 18.2 Å². The normalized spacial score (nSPS) is 12.7. The maximum absolute atomic E-state index is 4.31. The zero-order chi connectivity index (χ0) is 17.2. The summed E-state index contributed by atoms with van der Waals surface area (Å²) in [6, 6.07) is 15.0. The molecule has 0 aliphatic carbocycles. The second kappa shape index (κ2) is 9.98. The van der Waals surface area contributed by atoms with Crippen molar-refractivity contribution in [2.24, 2.45) is 4.99 Å². The molecule has 5 heteroatoms. The molecule has 0 radical (unpaired) electrons. The lowest BCUT2D eigenvalue weighted by Crippen LogP contribution is -2.43. The van der Waals surface area contributed by atoms with Crippen molar-refractivity contribution in [2.75, 3.05) is 25.5 Å². The molecule has 130 valence electrons. The molecule has 0 amide bonds. The van der Waals surface area contributed by atoms with Crippen LogP contribution in [0, 0.1) is 6.92 Å². The Balaban J connectivity index is 1.63. The summed E-state index contributed by atoms with van der Waals surface area (Å²) in [6.07, 6.45) is 2.06. The van der Waals surface area contributed by atoms with Crippen molar-refractivity contribution < 1.29 is 0 Å². The molecular formula is C19H28N4S. The van der Waals surface area contributed by atoms with E-state index in [1.807, 2.05) is 36.6 Å². The fourth-order valence-electron chi connectivity index (χ4n) is 2.46. The number of rotatable bonds is 8. The number of guanidine groups is 1. The fourth-order valence-corrected chi connectivity index (χ4v) is 3.48. The van der Waals surface area contributed by atoms with Crippen LogP contribution in [0.15, 0.2) is 47.5 Å². The molecule has 3 N–H and O–H groups in total. The van der Waals surface area contributed by atoms with E-state index in [-0.39, 0.29) is 0 Å². The van der Waals surface area contributed by atoms with Gasteiger partial charge in [0.2, 0.25) is 0 Å². The molecule has 1 atom stereocenters. The third-order valence-corrected chi connectivity index (χ3v) is 4.68. The summed E-state index contributed by atoms with van der Waals surface area (Å²) in [7, 11) is 1.82. The van der Waals surface area contributed by atoms with Crippen LogP contribution in [-0.4, -0.2) is 32.1 Å². The summed E-state index contributed by atoms with van der Waals surface area (Å²) in [5, 5.41) is 10.3. The molecule has 0 fully saturated rings. The lowest BCUT2D eigenvalue weighted by molar-refractivity contribution is 0.642. The highest BCUT2D eigenvalue weighted by Crippen LogP contribution is 2.16. The number of nitrogens with zero attached hydrogens (tertiary/aromatic N) is 1. The van der Waals surface area contributed by atoms with E-state index < -0.39 is 0 Å². The van der Waals surface area contributed by atoms with Gasteiger partial charge in [0.25, 0.3) is 0 Å². The van der Waals surface area contributed by atoms with Gasteiger partial charge in [-0.15, -0.1) is 11.3 Å². The van der Waals surface area contributed by atoms with Crippen molar-refractivity contribution in [3.05, 3.63) is 52.2 Å². The number of aryl methyl sites for hydroxylation is 1. The Morgan fingerprint density at radius 3 is 2.58 bits per heavy atom. The molecule has 0 bridgehead atoms. The SMILES string of the molecule is CN=C(NCCCNc1ccccc1)NC(C)Cc1ccc(C)s1. The number of hydrogen-bond acceptors (Lipinski definition) is 3. The molecule has 1 unspecified atom stereocenters. The highest BCUT2D eigenvalue weighted by atomic mass is 32.1. The standard InChI is InChI=1S/C19H28N4S/c1-15(14-18-11-10-16(2)24-18)23-19(20-3)22-13-7-12-21-17-8-5-4-6-9-17/h4-6,8-11,15,21H,7,12-14H2,1-3H3,(H2,20,22,23). The number of hydrogen-bond donors (Lipinski definition) is 3. The Hall–Kier alpha value is -2.01. The Morgan fingerprint density at radius 2 is 1.92 bits per heavy atom. The molecule has 2 aromatic rings. The summed E-state index contributed by atoms with van der Waals surface area (Å²) < 4.78 is 0. The summed E-state index contributed by atoms with van der Waals surface area (Å²) in [4.78, 5) is 7.09. The van der Waals surface area contributed by atoms with Gasteiger partial charge in [-0.3, -0.25) is 4.99 Å². The Labute approximate surface area is 149 Å². The van der Waals surface area contributed by atoms with Gasteiger partial charge in [-0.05, 0) is 44.5 Å². The van der Waals surface area contributed by atoms with E-state index in [2.05, 4.69) is 59.1 Å². The molecule has 1 heterocycles. The molecule has 1 aromatic carbocycles. The second-order valence-corrected chi connectivity index (χ2v) is 7.28. The van der Waals surface area contributed by atoms with E-state index >= 15 is 0 Å². The topological polar surface area (TPSA) is 48.5 Å². The minimum absolute atomic E-state index is 0.358. The van der Waals surface area contributed by atoms with Crippen LogP contribution in [0.4, 0.5) is 5.69 Å². The van der Waals surface area contributed by atoms with E-state index in [1.54, 1.807) is 0 Å². The monoisotopic (exact) mass is 344 g/mol. The summed E-state index contributed by atoms with van der Waals surface area (Å²) in [6.45, 7) is 6.18. The van der Waals surface area contributed by atoms with Crippen LogP contribution in [0.3, 0.4) is 0 Å². The quantitative estimate of drug-likeness (QED) is 0.389. The Kier molecular flexibility index (Phi) is 7.62. The average Bonchev–Trinajstić information content (AvgIpc) is 2.99. The van der Waals surface area contributed by atoms with Gasteiger partial charge in [0.05, 0.1) is 0 Å². The van der Waals surface area contributed by atoms with E-state index in [0.29, 0.717) is 6.04 Å². The predicted octanol–water partition coefficient (Wildman–Crippen LogP) is 3.65. The predicted molar refractivity (Wildman–Crippen MR) is 106 cm³/mol. The minimum Gasteiger partial charge on any atom is -0.385 e. The first-order valence-corrected chi connectivity index (χ1v) is 9.30. The number of para-hydroxylation sites is 1. The van der Waals surface area contributed by atoms with Crippen LogP contribution >= 0.6 is 11.3 Å². The van der Waals surface area contributed by atoms with Gasteiger partial charge in [0.1, 0.15) is 0 Å². The van der Waals surface area contributed by atoms with Crippen LogP contribution < -0.4 is 16.0 Å². The highest BCUT2D eigenvalue weighted by Gasteiger charge is 2.07. The molecule has 1 aromatic heterocycles. The summed E-state index contributed by atoms with van der Waals surface area (Å²) in [5.74, 6) is 0.871. The van der Waals surface area contributed by atoms with Gasteiger partial charge in [0.15, 0.2) is 5.96 Å². The molecule has 0 aliphatic heterocycles. The largest absolute Gasteiger partial charge is 0.385 e.